The first-order valence-corrected chi connectivity index (χ1v) is 5.08. The zero-order valence-electron chi connectivity index (χ0n) is 8.74. The fourth-order valence-corrected chi connectivity index (χ4v) is 1.56. The molecule has 0 aromatic heterocycles. The summed E-state index contributed by atoms with van der Waals surface area (Å²) >= 11 is 0. The summed E-state index contributed by atoms with van der Waals surface area (Å²) in [6.45, 7) is 0. The molecule has 1 saturated carbocycles. The van der Waals surface area contributed by atoms with Crippen LogP contribution in [0.5, 0.6) is 5.75 Å². The fraction of sp³-hybridized carbons (Fsp3) is 0.364. The molecule has 0 radical (unpaired) electrons. The van der Waals surface area contributed by atoms with Crippen LogP contribution in [0.3, 0.4) is 0 Å². The maximum Gasteiger partial charge on any atom is 0.573 e. The van der Waals surface area contributed by atoms with Gasteiger partial charge in [-0.05, 0) is 42.7 Å². The van der Waals surface area contributed by atoms with Crippen molar-refractivity contribution in [3.63, 3.8) is 0 Å². The molecule has 6 heteroatoms. The van der Waals surface area contributed by atoms with Gasteiger partial charge < -0.3 is 9.94 Å². The maximum absolute atomic E-state index is 11.9. The molecular formula is C11H10F3NO2. The third-order valence-electron chi connectivity index (χ3n) is 2.46. The molecule has 1 aliphatic rings. The maximum atomic E-state index is 11.9. The molecule has 0 heterocycles. The van der Waals surface area contributed by atoms with Crippen LogP contribution in [-0.4, -0.2) is 17.3 Å². The molecule has 0 bridgehead atoms. The van der Waals surface area contributed by atoms with Gasteiger partial charge in [0.1, 0.15) is 5.75 Å². The molecule has 0 spiro atoms. The molecule has 0 amide bonds. The van der Waals surface area contributed by atoms with Crippen LogP contribution in [0.1, 0.15) is 18.4 Å². The van der Waals surface area contributed by atoms with Crippen LogP contribution in [0.15, 0.2) is 29.4 Å². The van der Waals surface area contributed by atoms with Crippen molar-refractivity contribution in [3.05, 3.63) is 29.8 Å². The smallest absolute Gasteiger partial charge is 0.411 e. The van der Waals surface area contributed by atoms with E-state index < -0.39 is 6.36 Å². The van der Waals surface area contributed by atoms with Gasteiger partial charge in [0.15, 0.2) is 0 Å². The van der Waals surface area contributed by atoms with Gasteiger partial charge in [0, 0.05) is 5.92 Å². The van der Waals surface area contributed by atoms with E-state index in [4.69, 9.17) is 5.21 Å². The minimum Gasteiger partial charge on any atom is -0.411 e. The van der Waals surface area contributed by atoms with Crippen LogP contribution >= 0.6 is 0 Å². The molecule has 0 unspecified atom stereocenters. The summed E-state index contributed by atoms with van der Waals surface area (Å²) in [5, 5.41) is 12.0. The molecule has 17 heavy (non-hydrogen) atoms. The van der Waals surface area contributed by atoms with Crippen molar-refractivity contribution in [2.24, 2.45) is 11.1 Å². The molecule has 3 nitrogen and oxygen atoms in total. The molecule has 1 fully saturated rings. The highest BCUT2D eigenvalue weighted by molar-refractivity contribution is 6.03. The van der Waals surface area contributed by atoms with Gasteiger partial charge >= 0.3 is 6.36 Å². The Morgan fingerprint density at radius 1 is 1.24 bits per heavy atom. The number of halogens is 3. The Kier molecular flexibility index (Phi) is 2.95. The molecule has 1 aromatic carbocycles. The van der Waals surface area contributed by atoms with E-state index in [2.05, 4.69) is 9.89 Å². The van der Waals surface area contributed by atoms with E-state index in [-0.39, 0.29) is 11.7 Å². The first-order valence-electron chi connectivity index (χ1n) is 5.08. The van der Waals surface area contributed by atoms with E-state index in [1.54, 1.807) is 0 Å². The monoisotopic (exact) mass is 245 g/mol. The quantitative estimate of drug-likeness (QED) is 0.505. The van der Waals surface area contributed by atoms with Gasteiger partial charge in [0.25, 0.3) is 0 Å². The summed E-state index contributed by atoms with van der Waals surface area (Å²) in [7, 11) is 0. The van der Waals surface area contributed by atoms with E-state index in [9.17, 15) is 13.2 Å². The summed E-state index contributed by atoms with van der Waals surface area (Å²) in [5.74, 6) is -0.0660. The number of alkyl halides is 3. The minimum atomic E-state index is -4.69. The lowest BCUT2D eigenvalue weighted by Gasteiger charge is -2.09. The van der Waals surface area contributed by atoms with Crippen molar-refractivity contribution < 1.29 is 23.1 Å². The van der Waals surface area contributed by atoms with Crippen molar-refractivity contribution in [2.45, 2.75) is 19.2 Å². The molecule has 1 aliphatic carbocycles. The molecule has 2 rings (SSSR count). The number of nitrogens with zero attached hydrogens (tertiary/aromatic N) is 1. The lowest BCUT2D eigenvalue weighted by atomic mass is 10.1. The van der Waals surface area contributed by atoms with E-state index >= 15 is 0 Å². The van der Waals surface area contributed by atoms with Gasteiger partial charge in [-0.15, -0.1) is 13.2 Å². The highest BCUT2D eigenvalue weighted by Crippen LogP contribution is 2.33. The van der Waals surface area contributed by atoms with Gasteiger partial charge in [-0.1, -0.05) is 5.16 Å². The predicted molar refractivity (Wildman–Crippen MR) is 54.2 cm³/mol. The van der Waals surface area contributed by atoms with Crippen LogP contribution in [0, 0.1) is 5.92 Å². The Balaban J connectivity index is 2.12. The number of rotatable bonds is 3. The third-order valence-corrected chi connectivity index (χ3v) is 2.46. The van der Waals surface area contributed by atoms with Gasteiger partial charge in [0.2, 0.25) is 0 Å². The largest absolute Gasteiger partial charge is 0.573 e. The summed E-state index contributed by atoms with van der Waals surface area (Å²) in [4.78, 5) is 0. The van der Waals surface area contributed by atoms with Crippen LogP contribution in [0.4, 0.5) is 13.2 Å². The summed E-state index contributed by atoms with van der Waals surface area (Å²) in [5.41, 5.74) is 1.13. The Hall–Kier alpha value is -1.72. The molecule has 0 atom stereocenters. The highest BCUT2D eigenvalue weighted by Gasteiger charge is 2.32. The SMILES string of the molecule is O/N=C(\c1ccc(OC(F)(F)F)cc1)C1CC1. The Labute approximate surface area is 95.5 Å². The van der Waals surface area contributed by atoms with E-state index in [1.807, 2.05) is 0 Å². The topological polar surface area (TPSA) is 41.8 Å². The summed E-state index contributed by atoms with van der Waals surface area (Å²) in [6, 6.07) is 5.32. The standard InChI is InChI=1S/C11H10F3NO2/c12-11(13,14)17-9-5-3-8(4-6-9)10(15-16)7-1-2-7/h3-7,16H,1-2H2/b15-10-. The number of hydrogen-bond donors (Lipinski definition) is 1. The lowest BCUT2D eigenvalue weighted by molar-refractivity contribution is -0.274. The third kappa shape index (κ3) is 3.12. The molecule has 1 N–H and O–H groups in total. The van der Waals surface area contributed by atoms with E-state index in [0.717, 1.165) is 12.8 Å². The first-order chi connectivity index (χ1) is 7.99. The number of ether oxygens (including phenoxy) is 1. The number of oxime groups is 1. The van der Waals surface area contributed by atoms with Crippen LogP contribution < -0.4 is 4.74 Å². The highest BCUT2D eigenvalue weighted by atomic mass is 19.4. The molecule has 0 saturated heterocycles. The van der Waals surface area contributed by atoms with Crippen molar-refractivity contribution in [1.82, 2.24) is 0 Å². The minimum absolute atomic E-state index is 0.217. The average Bonchev–Trinajstić information content (AvgIpc) is 3.04. The van der Waals surface area contributed by atoms with Gasteiger partial charge in [-0.25, -0.2) is 0 Å². The van der Waals surface area contributed by atoms with Gasteiger partial charge in [0.05, 0.1) is 5.71 Å². The molecular weight excluding hydrogens is 235 g/mol. The van der Waals surface area contributed by atoms with Gasteiger partial charge in [-0.3, -0.25) is 0 Å². The van der Waals surface area contributed by atoms with Crippen molar-refractivity contribution in [1.29, 1.82) is 0 Å². The van der Waals surface area contributed by atoms with Crippen molar-refractivity contribution in [2.75, 3.05) is 0 Å². The average molecular weight is 245 g/mol. The number of hydrogen-bond acceptors (Lipinski definition) is 3. The first kappa shape index (κ1) is 11.8. The Morgan fingerprint density at radius 2 is 1.82 bits per heavy atom. The molecule has 0 aliphatic heterocycles. The second-order valence-electron chi connectivity index (χ2n) is 3.83. The predicted octanol–water partition coefficient (Wildman–Crippen LogP) is 3.17. The Bertz CT molecular complexity index is 421. The second kappa shape index (κ2) is 4.27. The molecule has 1 aromatic rings. The fourth-order valence-electron chi connectivity index (χ4n) is 1.56. The van der Waals surface area contributed by atoms with E-state index in [0.29, 0.717) is 11.3 Å². The lowest BCUT2D eigenvalue weighted by Crippen LogP contribution is -2.17. The van der Waals surface area contributed by atoms with Crippen LogP contribution in [-0.2, 0) is 0 Å². The second-order valence-corrected chi connectivity index (χ2v) is 3.83. The van der Waals surface area contributed by atoms with Crippen LogP contribution in [0.25, 0.3) is 0 Å². The normalized spacial score (nSPS) is 17.0. The van der Waals surface area contributed by atoms with Gasteiger partial charge in [-0.2, -0.15) is 0 Å². The number of benzene rings is 1. The van der Waals surface area contributed by atoms with Crippen LogP contribution in [0.2, 0.25) is 0 Å². The summed E-state index contributed by atoms with van der Waals surface area (Å²) in [6.07, 6.45) is -2.80. The summed E-state index contributed by atoms with van der Waals surface area (Å²) < 4.78 is 39.5. The Morgan fingerprint density at radius 3 is 2.24 bits per heavy atom. The van der Waals surface area contributed by atoms with E-state index in [1.165, 1.54) is 24.3 Å². The zero-order valence-corrected chi connectivity index (χ0v) is 8.74. The van der Waals surface area contributed by atoms with Crippen molar-refractivity contribution >= 4 is 5.71 Å². The molecule has 92 valence electrons. The van der Waals surface area contributed by atoms with Crippen molar-refractivity contribution in [3.8, 4) is 5.75 Å². The zero-order chi connectivity index (χ0) is 12.5.